The van der Waals surface area contributed by atoms with Crippen LogP contribution in [0.25, 0.3) is 0 Å². The third-order valence-corrected chi connectivity index (χ3v) is 4.23. The van der Waals surface area contributed by atoms with Crippen LogP contribution in [0.3, 0.4) is 0 Å². The average Bonchev–Trinajstić information content (AvgIpc) is 2.65. The number of aromatic nitrogens is 2. The molecule has 7 nitrogen and oxygen atoms in total. The van der Waals surface area contributed by atoms with Crippen molar-refractivity contribution in [3.8, 4) is 11.6 Å². The Balaban J connectivity index is 1.95. The summed E-state index contributed by atoms with van der Waals surface area (Å²) in [7, 11) is 0. The summed E-state index contributed by atoms with van der Waals surface area (Å²) in [6.45, 7) is 1.97. The van der Waals surface area contributed by atoms with E-state index >= 15 is 0 Å². The Morgan fingerprint density at radius 1 is 1.28 bits per heavy atom. The minimum Gasteiger partial charge on any atom is -0.437 e. The summed E-state index contributed by atoms with van der Waals surface area (Å²) in [5, 5.41) is 11.4. The minimum absolute atomic E-state index is 0.0879. The van der Waals surface area contributed by atoms with Crippen LogP contribution in [0.15, 0.2) is 24.3 Å². The average molecular weight is 412 g/mol. The molecule has 2 amide bonds. The molecule has 1 atom stereocenters. The van der Waals surface area contributed by atoms with E-state index in [0.717, 1.165) is 12.1 Å². The molecular weight excluding hydrogens is 396 g/mol. The zero-order chi connectivity index (χ0) is 21.2. The third kappa shape index (κ3) is 4.79. The smallest absolute Gasteiger partial charge is 0.435 e. The highest BCUT2D eigenvalue weighted by Crippen LogP contribution is 2.32. The first-order valence-electron chi connectivity index (χ1n) is 8.62. The van der Waals surface area contributed by atoms with Gasteiger partial charge in [-0.15, -0.1) is 10.2 Å². The van der Waals surface area contributed by atoms with Crippen LogP contribution in [0, 0.1) is 12.7 Å². The van der Waals surface area contributed by atoms with Crippen LogP contribution >= 0.6 is 0 Å². The van der Waals surface area contributed by atoms with Gasteiger partial charge in [-0.3, -0.25) is 9.59 Å². The second kappa shape index (κ2) is 8.02. The van der Waals surface area contributed by atoms with Crippen molar-refractivity contribution in [3.63, 3.8) is 0 Å². The molecule has 0 bridgehead atoms. The van der Waals surface area contributed by atoms with Gasteiger partial charge in [-0.2, -0.15) is 13.2 Å². The maximum atomic E-state index is 13.3. The number of hydrogen-bond donors (Lipinski definition) is 2. The molecule has 154 valence electrons. The Morgan fingerprint density at radius 3 is 2.69 bits per heavy atom. The SMILES string of the molecule is Cc1cc(F)ccc1Oc1nnc(C(F)(F)F)cc1C(=O)NC1CCCNC1=O. The van der Waals surface area contributed by atoms with Crippen molar-refractivity contribution in [1.82, 2.24) is 20.8 Å². The van der Waals surface area contributed by atoms with Crippen molar-refractivity contribution in [2.24, 2.45) is 0 Å². The van der Waals surface area contributed by atoms with E-state index in [1.807, 2.05) is 0 Å². The van der Waals surface area contributed by atoms with Gasteiger partial charge >= 0.3 is 6.18 Å². The Labute approximate surface area is 162 Å². The lowest BCUT2D eigenvalue weighted by atomic mass is 10.1. The predicted molar refractivity (Wildman–Crippen MR) is 91.7 cm³/mol. The van der Waals surface area contributed by atoms with Gasteiger partial charge in [0.2, 0.25) is 5.91 Å². The van der Waals surface area contributed by atoms with E-state index in [0.29, 0.717) is 31.0 Å². The van der Waals surface area contributed by atoms with Crippen molar-refractivity contribution in [1.29, 1.82) is 0 Å². The summed E-state index contributed by atoms with van der Waals surface area (Å²) in [4.78, 5) is 24.5. The van der Waals surface area contributed by atoms with Gasteiger partial charge in [0, 0.05) is 6.54 Å². The summed E-state index contributed by atoms with van der Waals surface area (Å²) < 4.78 is 57.8. The molecule has 11 heteroatoms. The van der Waals surface area contributed by atoms with E-state index in [1.165, 1.54) is 13.0 Å². The lowest BCUT2D eigenvalue weighted by molar-refractivity contribution is -0.141. The molecule has 1 aliphatic rings. The zero-order valence-corrected chi connectivity index (χ0v) is 15.1. The van der Waals surface area contributed by atoms with E-state index in [4.69, 9.17) is 4.74 Å². The molecule has 0 aliphatic carbocycles. The third-order valence-electron chi connectivity index (χ3n) is 4.23. The van der Waals surface area contributed by atoms with Crippen LogP contribution in [0.5, 0.6) is 11.6 Å². The van der Waals surface area contributed by atoms with Gasteiger partial charge in [-0.1, -0.05) is 0 Å². The minimum atomic E-state index is -4.84. The van der Waals surface area contributed by atoms with Gasteiger partial charge in [0.05, 0.1) is 0 Å². The van der Waals surface area contributed by atoms with Gasteiger partial charge < -0.3 is 15.4 Å². The number of alkyl halides is 3. The Bertz CT molecular complexity index is 949. The van der Waals surface area contributed by atoms with Crippen LogP contribution in [0.4, 0.5) is 17.6 Å². The highest BCUT2D eigenvalue weighted by atomic mass is 19.4. The Hall–Kier alpha value is -3.24. The molecular formula is C18H16F4N4O3. The number of aryl methyl sites for hydroxylation is 1. The first-order valence-corrected chi connectivity index (χ1v) is 8.62. The normalized spacial score (nSPS) is 16.9. The molecule has 2 aromatic rings. The number of carbonyl (C=O) groups excluding carboxylic acids is 2. The molecule has 1 aliphatic heterocycles. The number of nitrogens with one attached hydrogen (secondary N) is 2. The molecule has 1 unspecified atom stereocenters. The van der Waals surface area contributed by atoms with Crippen molar-refractivity contribution >= 4 is 11.8 Å². The van der Waals surface area contributed by atoms with Gasteiger partial charge in [0.25, 0.3) is 11.8 Å². The number of benzene rings is 1. The van der Waals surface area contributed by atoms with Gasteiger partial charge in [-0.05, 0) is 49.6 Å². The molecule has 0 spiro atoms. The summed E-state index contributed by atoms with van der Waals surface area (Å²) in [5.41, 5.74) is -1.60. The molecule has 3 rings (SSSR count). The molecule has 2 N–H and O–H groups in total. The van der Waals surface area contributed by atoms with Crippen molar-refractivity contribution in [3.05, 3.63) is 46.9 Å². The zero-order valence-electron chi connectivity index (χ0n) is 15.1. The summed E-state index contributed by atoms with van der Waals surface area (Å²) >= 11 is 0. The number of ether oxygens (including phenoxy) is 1. The molecule has 0 radical (unpaired) electrons. The standard InChI is InChI=1S/C18H16F4N4O3/c1-9-7-10(19)4-5-13(9)29-17-11(8-14(25-26-17)18(20,21)22)15(27)24-12-3-2-6-23-16(12)28/h4-5,7-8,12H,2-3,6H2,1H3,(H,23,28)(H,24,27). The first kappa shape index (κ1) is 20.5. The number of carbonyl (C=O) groups is 2. The maximum Gasteiger partial charge on any atom is 0.435 e. The lowest BCUT2D eigenvalue weighted by Gasteiger charge is -2.23. The van der Waals surface area contributed by atoms with E-state index < -0.39 is 47.0 Å². The number of rotatable bonds is 4. The second-order valence-electron chi connectivity index (χ2n) is 6.42. The van der Waals surface area contributed by atoms with Gasteiger partial charge in [0.1, 0.15) is 23.2 Å². The fraction of sp³-hybridized carbons (Fsp3) is 0.333. The van der Waals surface area contributed by atoms with Crippen molar-refractivity contribution in [2.75, 3.05) is 6.54 Å². The monoisotopic (exact) mass is 412 g/mol. The van der Waals surface area contributed by atoms with E-state index in [1.54, 1.807) is 0 Å². The van der Waals surface area contributed by atoms with Crippen LogP contribution in [-0.4, -0.2) is 34.6 Å². The summed E-state index contributed by atoms with van der Waals surface area (Å²) in [6, 6.07) is 3.10. The fourth-order valence-electron chi connectivity index (χ4n) is 2.73. The highest BCUT2D eigenvalue weighted by molar-refractivity contribution is 5.99. The molecule has 1 aromatic carbocycles. The quantitative estimate of drug-likeness (QED) is 0.754. The molecule has 1 fully saturated rings. The number of halogens is 4. The van der Waals surface area contributed by atoms with Crippen molar-refractivity contribution < 1.29 is 31.9 Å². The topological polar surface area (TPSA) is 93.2 Å². The molecule has 2 heterocycles. The van der Waals surface area contributed by atoms with E-state index in [2.05, 4.69) is 20.8 Å². The number of hydrogen-bond acceptors (Lipinski definition) is 5. The molecule has 1 saturated heterocycles. The Morgan fingerprint density at radius 2 is 2.03 bits per heavy atom. The van der Waals surface area contributed by atoms with Gasteiger partial charge in [0.15, 0.2) is 5.69 Å². The molecule has 1 aromatic heterocycles. The van der Waals surface area contributed by atoms with Crippen LogP contribution in [0.2, 0.25) is 0 Å². The number of piperidine rings is 1. The maximum absolute atomic E-state index is 13.3. The highest BCUT2D eigenvalue weighted by Gasteiger charge is 2.36. The Kier molecular flexibility index (Phi) is 5.66. The van der Waals surface area contributed by atoms with E-state index in [9.17, 15) is 27.2 Å². The van der Waals surface area contributed by atoms with Crippen molar-refractivity contribution in [2.45, 2.75) is 32.0 Å². The van der Waals surface area contributed by atoms with E-state index in [-0.39, 0.29) is 5.75 Å². The fourth-order valence-corrected chi connectivity index (χ4v) is 2.73. The largest absolute Gasteiger partial charge is 0.437 e. The van der Waals surface area contributed by atoms with Crippen LogP contribution in [0.1, 0.15) is 34.5 Å². The first-order chi connectivity index (χ1) is 13.6. The van der Waals surface area contributed by atoms with Gasteiger partial charge in [-0.25, -0.2) is 4.39 Å². The van der Waals surface area contributed by atoms with Crippen LogP contribution in [-0.2, 0) is 11.0 Å². The number of amides is 2. The predicted octanol–water partition coefficient (Wildman–Crippen LogP) is 2.74. The molecule has 29 heavy (non-hydrogen) atoms. The lowest BCUT2D eigenvalue weighted by Crippen LogP contribution is -2.50. The second-order valence-corrected chi connectivity index (χ2v) is 6.42. The molecule has 0 saturated carbocycles. The van der Waals surface area contributed by atoms with Crippen LogP contribution < -0.4 is 15.4 Å². The number of nitrogens with zero attached hydrogens (tertiary/aromatic N) is 2. The summed E-state index contributed by atoms with van der Waals surface area (Å²) in [5.74, 6) is -2.34. The summed E-state index contributed by atoms with van der Waals surface area (Å²) in [6.07, 6.45) is -3.89.